The highest BCUT2D eigenvalue weighted by molar-refractivity contribution is 5.84. The van der Waals surface area contributed by atoms with E-state index >= 15 is 0 Å². The number of carbonyl (C=O) groups excluding carboxylic acids is 1. The lowest BCUT2D eigenvalue weighted by atomic mass is 9.89. The molecular formula is C14H21NO4. The van der Waals surface area contributed by atoms with E-state index in [0.29, 0.717) is 13.0 Å². The van der Waals surface area contributed by atoms with Crippen LogP contribution in [0.2, 0.25) is 0 Å². The first kappa shape index (κ1) is 15.3. The molecule has 5 heteroatoms. The van der Waals surface area contributed by atoms with Gasteiger partial charge < -0.3 is 14.4 Å². The van der Waals surface area contributed by atoms with Crippen molar-refractivity contribution in [3.63, 3.8) is 0 Å². The average molecular weight is 267 g/mol. The van der Waals surface area contributed by atoms with Gasteiger partial charge in [0.25, 0.3) is 0 Å². The lowest BCUT2D eigenvalue weighted by molar-refractivity contribution is -0.151. The van der Waals surface area contributed by atoms with Crippen molar-refractivity contribution >= 4 is 11.9 Å². The van der Waals surface area contributed by atoms with E-state index in [1.54, 1.807) is 25.8 Å². The fraction of sp³-hybridized carbons (Fsp3) is 0.571. The summed E-state index contributed by atoms with van der Waals surface area (Å²) in [5, 5.41) is 9.00. The largest absolute Gasteiger partial charge is 0.481 e. The molecule has 1 N–H and O–H groups in total. The molecule has 0 aliphatic rings. The highest BCUT2D eigenvalue weighted by Crippen LogP contribution is 2.21. The Bertz CT molecular complexity index is 462. The molecule has 0 spiro atoms. The van der Waals surface area contributed by atoms with E-state index in [1.807, 2.05) is 19.1 Å². The minimum Gasteiger partial charge on any atom is -0.481 e. The molecule has 0 aliphatic heterocycles. The van der Waals surface area contributed by atoms with Crippen LogP contribution in [0.4, 0.5) is 0 Å². The van der Waals surface area contributed by atoms with Crippen LogP contribution in [0.1, 0.15) is 31.8 Å². The normalized spacial score (nSPS) is 11.4. The third-order valence-corrected chi connectivity index (χ3v) is 3.09. The molecule has 1 heterocycles. The molecule has 0 unspecified atom stereocenters. The predicted molar refractivity (Wildman–Crippen MR) is 70.8 cm³/mol. The minimum absolute atomic E-state index is 0.00395. The lowest BCUT2D eigenvalue weighted by Crippen LogP contribution is -2.35. The van der Waals surface area contributed by atoms with E-state index < -0.39 is 11.4 Å². The summed E-state index contributed by atoms with van der Waals surface area (Å²) in [4.78, 5) is 24.4. The zero-order valence-corrected chi connectivity index (χ0v) is 11.9. The first-order valence-corrected chi connectivity index (χ1v) is 6.25. The molecule has 0 saturated carbocycles. The minimum atomic E-state index is -1.04. The van der Waals surface area contributed by atoms with E-state index in [-0.39, 0.29) is 12.3 Å². The van der Waals surface area contributed by atoms with Crippen molar-refractivity contribution in [1.29, 1.82) is 0 Å². The van der Waals surface area contributed by atoms with Gasteiger partial charge in [-0.1, -0.05) is 0 Å². The molecule has 0 aliphatic carbocycles. The highest BCUT2D eigenvalue weighted by Gasteiger charge is 2.31. The number of likely N-dealkylation sites (N-methyl/N-ethyl adjacent to an activating group) is 1. The Morgan fingerprint density at radius 1 is 1.37 bits per heavy atom. The summed E-state index contributed by atoms with van der Waals surface area (Å²) in [6, 6.07) is 3.76. The fourth-order valence-corrected chi connectivity index (χ4v) is 1.61. The summed E-state index contributed by atoms with van der Waals surface area (Å²) in [5.41, 5.74) is -1.04. The number of carbonyl (C=O) groups is 2. The van der Waals surface area contributed by atoms with Gasteiger partial charge in [0.1, 0.15) is 11.5 Å². The summed E-state index contributed by atoms with van der Waals surface area (Å²) in [6.07, 6.45) is 0.625. The summed E-state index contributed by atoms with van der Waals surface area (Å²) in [7, 11) is 1.68. The molecule has 0 radical (unpaired) electrons. The van der Waals surface area contributed by atoms with Crippen molar-refractivity contribution in [3.8, 4) is 0 Å². The number of furan rings is 1. The monoisotopic (exact) mass is 267 g/mol. The van der Waals surface area contributed by atoms with Gasteiger partial charge in [0.05, 0.1) is 5.41 Å². The zero-order chi connectivity index (χ0) is 14.6. The van der Waals surface area contributed by atoms with Crippen LogP contribution < -0.4 is 0 Å². The van der Waals surface area contributed by atoms with E-state index in [4.69, 9.17) is 9.52 Å². The van der Waals surface area contributed by atoms with Gasteiger partial charge in [-0.05, 0) is 32.9 Å². The molecule has 5 nitrogen and oxygen atoms in total. The summed E-state index contributed by atoms with van der Waals surface area (Å²) >= 11 is 0. The number of carboxylic acid groups (broad SMARTS) is 1. The van der Waals surface area contributed by atoms with Crippen molar-refractivity contribution in [2.75, 3.05) is 13.6 Å². The van der Waals surface area contributed by atoms with E-state index in [1.165, 1.54) is 0 Å². The Morgan fingerprint density at radius 2 is 2.00 bits per heavy atom. The second-order valence-electron chi connectivity index (χ2n) is 5.44. The predicted octanol–water partition coefficient (Wildman–Crippen LogP) is 2.09. The molecule has 19 heavy (non-hydrogen) atoms. The number of hydrogen-bond acceptors (Lipinski definition) is 3. The fourth-order valence-electron chi connectivity index (χ4n) is 1.61. The van der Waals surface area contributed by atoms with Crippen LogP contribution in [-0.2, 0) is 16.0 Å². The van der Waals surface area contributed by atoms with Crippen LogP contribution in [-0.4, -0.2) is 35.5 Å². The number of amides is 1. The van der Waals surface area contributed by atoms with Crippen molar-refractivity contribution in [3.05, 3.63) is 23.7 Å². The van der Waals surface area contributed by atoms with Gasteiger partial charge in [0, 0.05) is 26.4 Å². The molecule has 1 aromatic rings. The van der Waals surface area contributed by atoms with Gasteiger partial charge in [0.15, 0.2) is 0 Å². The van der Waals surface area contributed by atoms with Gasteiger partial charge in [-0.15, -0.1) is 0 Å². The van der Waals surface area contributed by atoms with Crippen LogP contribution in [0.15, 0.2) is 16.5 Å². The molecule has 1 amide bonds. The molecule has 0 aromatic carbocycles. The van der Waals surface area contributed by atoms with Crippen molar-refractivity contribution in [2.24, 2.45) is 5.41 Å². The molecule has 106 valence electrons. The third kappa shape index (κ3) is 4.43. The molecule has 1 rings (SSSR count). The van der Waals surface area contributed by atoms with Gasteiger partial charge in [-0.25, -0.2) is 0 Å². The Kier molecular flexibility index (Phi) is 4.75. The number of aliphatic carboxylic acids is 1. The van der Waals surface area contributed by atoms with Crippen LogP contribution in [0.5, 0.6) is 0 Å². The molecule has 1 aromatic heterocycles. The Morgan fingerprint density at radius 3 is 2.47 bits per heavy atom. The smallest absolute Gasteiger partial charge is 0.309 e. The number of carboxylic acids is 1. The SMILES string of the molecule is Cc1ccc(CCN(C)C(=O)CC(C)(C)C(=O)O)o1. The van der Waals surface area contributed by atoms with Gasteiger partial charge in [-0.2, -0.15) is 0 Å². The molecule has 0 fully saturated rings. The summed E-state index contributed by atoms with van der Waals surface area (Å²) < 4.78 is 5.42. The first-order valence-electron chi connectivity index (χ1n) is 6.25. The topological polar surface area (TPSA) is 70.8 Å². The summed E-state index contributed by atoms with van der Waals surface area (Å²) in [6.45, 7) is 5.49. The molecular weight excluding hydrogens is 246 g/mol. The van der Waals surface area contributed by atoms with E-state index in [9.17, 15) is 9.59 Å². The van der Waals surface area contributed by atoms with Gasteiger partial charge >= 0.3 is 5.97 Å². The van der Waals surface area contributed by atoms with Crippen LogP contribution >= 0.6 is 0 Å². The Labute approximate surface area is 113 Å². The molecule has 0 bridgehead atoms. The van der Waals surface area contributed by atoms with E-state index in [2.05, 4.69) is 0 Å². The van der Waals surface area contributed by atoms with Crippen molar-refractivity contribution in [1.82, 2.24) is 4.90 Å². The maximum absolute atomic E-state index is 11.9. The quantitative estimate of drug-likeness (QED) is 0.856. The maximum atomic E-state index is 11.9. The number of rotatable bonds is 6. The van der Waals surface area contributed by atoms with Crippen molar-refractivity contribution < 1.29 is 19.1 Å². The standard InChI is InChI=1S/C14H21NO4/c1-10-5-6-11(19-10)7-8-15(4)12(16)9-14(2,3)13(17)18/h5-6H,7-9H2,1-4H3,(H,17,18). The van der Waals surface area contributed by atoms with E-state index in [0.717, 1.165) is 11.5 Å². The Balaban J connectivity index is 2.47. The second kappa shape index (κ2) is 5.91. The number of aryl methyl sites for hydroxylation is 1. The number of hydrogen-bond donors (Lipinski definition) is 1. The van der Waals surface area contributed by atoms with Crippen LogP contribution in [0.3, 0.4) is 0 Å². The van der Waals surface area contributed by atoms with Gasteiger partial charge in [-0.3, -0.25) is 9.59 Å². The van der Waals surface area contributed by atoms with Gasteiger partial charge in [0.2, 0.25) is 5.91 Å². The highest BCUT2D eigenvalue weighted by atomic mass is 16.4. The maximum Gasteiger partial charge on any atom is 0.309 e. The van der Waals surface area contributed by atoms with Crippen molar-refractivity contribution in [2.45, 2.75) is 33.6 Å². The zero-order valence-electron chi connectivity index (χ0n) is 11.9. The second-order valence-corrected chi connectivity index (χ2v) is 5.44. The van der Waals surface area contributed by atoms with Crippen LogP contribution in [0, 0.1) is 12.3 Å². The Hall–Kier alpha value is -1.78. The summed E-state index contributed by atoms with van der Waals surface area (Å²) in [5.74, 6) is 0.539. The van der Waals surface area contributed by atoms with Crippen LogP contribution in [0.25, 0.3) is 0 Å². The lowest BCUT2D eigenvalue weighted by Gasteiger charge is -2.23. The third-order valence-electron chi connectivity index (χ3n) is 3.09. The first-order chi connectivity index (χ1) is 8.72. The molecule has 0 atom stereocenters. The average Bonchev–Trinajstić information content (AvgIpc) is 2.71. The molecule has 0 saturated heterocycles. The number of nitrogens with zero attached hydrogens (tertiary/aromatic N) is 1.